The van der Waals surface area contributed by atoms with Crippen LogP contribution in [0.15, 0.2) is 30.5 Å². The molecule has 0 saturated heterocycles. The molecular weight excluding hydrogens is 223 g/mol. The summed E-state index contributed by atoms with van der Waals surface area (Å²) >= 11 is 0. The molecule has 0 bridgehead atoms. The number of nitrogens with zero attached hydrogens (tertiary/aromatic N) is 2. The highest BCUT2D eigenvalue weighted by atomic mass is 19.1. The molecule has 0 aliphatic rings. The molecule has 0 saturated carbocycles. The number of aromatic nitrogens is 2. The van der Waals surface area contributed by atoms with Gasteiger partial charge in [-0.25, -0.2) is 4.39 Å². The quantitative estimate of drug-likeness (QED) is 0.881. The van der Waals surface area contributed by atoms with Gasteiger partial charge in [-0.3, -0.25) is 9.48 Å². The SMILES string of the molecule is Cn1cc(-c2cccc(F)c2)c(CC(=O)O)n1. The maximum absolute atomic E-state index is 13.1. The lowest BCUT2D eigenvalue weighted by Crippen LogP contribution is -2.02. The van der Waals surface area contributed by atoms with Crippen LogP contribution in [-0.4, -0.2) is 20.9 Å². The van der Waals surface area contributed by atoms with Crippen molar-refractivity contribution in [2.75, 3.05) is 0 Å². The molecule has 5 heteroatoms. The summed E-state index contributed by atoms with van der Waals surface area (Å²) in [7, 11) is 1.70. The molecule has 0 spiro atoms. The largest absolute Gasteiger partial charge is 0.481 e. The summed E-state index contributed by atoms with van der Waals surface area (Å²) in [6.07, 6.45) is 1.51. The lowest BCUT2D eigenvalue weighted by atomic mass is 10.1. The van der Waals surface area contributed by atoms with Gasteiger partial charge in [0, 0.05) is 18.8 Å². The van der Waals surface area contributed by atoms with Crippen LogP contribution in [0.3, 0.4) is 0 Å². The average molecular weight is 234 g/mol. The molecule has 2 aromatic rings. The summed E-state index contributed by atoms with van der Waals surface area (Å²) in [5.74, 6) is -1.31. The van der Waals surface area contributed by atoms with Gasteiger partial charge in [-0.15, -0.1) is 0 Å². The molecule has 1 aromatic carbocycles. The summed E-state index contributed by atoms with van der Waals surface area (Å²) in [6, 6.07) is 6.02. The van der Waals surface area contributed by atoms with Crippen molar-refractivity contribution in [3.05, 3.63) is 42.0 Å². The zero-order valence-electron chi connectivity index (χ0n) is 9.22. The second-order valence-electron chi connectivity index (χ2n) is 3.74. The zero-order chi connectivity index (χ0) is 12.4. The van der Waals surface area contributed by atoms with Crippen LogP contribution in [0.4, 0.5) is 4.39 Å². The summed E-state index contributed by atoms with van der Waals surface area (Å²) in [5, 5.41) is 12.8. The fraction of sp³-hybridized carbons (Fsp3) is 0.167. The van der Waals surface area contributed by atoms with Crippen LogP contribution in [0.5, 0.6) is 0 Å². The molecule has 0 unspecified atom stereocenters. The number of hydrogen-bond acceptors (Lipinski definition) is 2. The standard InChI is InChI=1S/C12H11FN2O2/c1-15-7-10(11(14-15)6-12(16)17)8-3-2-4-9(13)5-8/h2-5,7H,6H2,1H3,(H,16,17). The van der Waals surface area contributed by atoms with E-state index in [1.54, 1.807) is 25.4 Å². The lowest BCUT2D eigenvalue weighted by molar-refractivity contribution is -0.136. The van der Waals surface area contributed by atoms with Gasteiger partial charge >= 0.3 is 5.97 Å². The summed E-state index contributed by atoms with van der Waals surface area (Å²) in [4.78, 5) is 10.7. The first-order chi connectivity index (χ1) is 8.06. The Labute approximate surface area is 97.3 Å². The smallest absolute Gasteiger partial charge is 0.309 e. The molecule has 17 heavy (non-hydrogen) atoms. The lowest BCUT2D eigenvalue weighted by Gasteiger charge is -2.00. The zero-order valence-corrected chi connectivity index (χ0v) is 9.22. The third-order valence-electron chi connectivity index (χ3n) is 2.36. The van der Waals surface area contributed by atoms with E-state index in [0.29, 0.717) is 16.8 Å². The Kier molecular flexibility index (Phi) is 2.91. The van der Waals surface area contributed by atoms with Crippen molar-refractivity contribution >= 4 is 5.97 Å². The third-order valence-corrected chi connectivity index (χ3v) is 2.36. The van der Waals surface area contributed by atoms with Gasteiger partial charge in [-0.2, -0.15) is 5.10 Å². The first-order valence-corrected chi connectivity index (χ1v) is 5.06. The van der Waals surface area contributed by atoms with Crippen molar-refractivity contribution in [3.8, 4) is 11.1 Å². The second kappa shape index (κ2) is 4.37. The highest BCUT2D eigenvalue weighted by Crippen LogP contribution is 2.23. The van der Waals surface area contributed by atoms with E-state index >= 15 is 0 Å². The van der Waals surface area contributed by atoms with Crippen molar-refractivity contribution in [3.63, 3.8) is 0 Å². The minimum Gasteiger partial charge on any atom is -0.481 e. The number of aryl methyl sites for hydroxylation is 1. The molecule has 2 rings (SSSR count). The third kappa shape index (κ3) is 2.50. The van der Waals surface area contributed by atoms with E-state index in [-0.39, 0.29) is 12.2 Å². The molecule has 0 amide bonds. The van der Waals surface area contributed by atoms with E-state index in [1.807, 2.05) is 0 Å². The maximum Gasteiger partial charge on any atom is 0.309 e. The molecular formula is C12H11FN2O2. The number of aliphatic carboxylic acids is 1. The highest BCUT2D eigenvalue weighted by Gasteiger charge is 2.13. The normalized spacial score (nSPS) is 10.5. The van der Waals surface area contributed by atoms with Gasteiger partial charge in [0.05, 0.1) is 12.1 Å². The summed E-state index contributed by atoms with van der Waals surface area (Å²) in [5.41, 5.74) is 1.72. The van der Waals surface area contributed by atoms with Crippen LogP contribution < -0.4 is 0 Å². The number of hydrogen-bond donors (Lipinski definition) is 1. The highest BCUT2D eigenvalue weighted by molar-refractivity contribution is 5.75. The molecule has 88 valence electrons. The van der Waals surface area contributed by atoms with E-state index in [4.69, 9.17) is 5.11 Å². The predicted molar refractivity (Wildman–Crippen MR) is 59.9 cm³/mol. The van der Waals surface area contributed by atoms with Crippen LogP contribution in [0.1, 0.15) is 5.69 Å². The van der Waals surface area contributed by atoms with Crippen LogP contribution in [-0.2, 0) is 18.3 Å². The second-order valence-corrected chi connectivity index (χ2v) is 3.74. The Balaban J connectivity index is 2.47. The van der Waals surface area contributed by atoms with E-state index < -0.39 is 5.97 Å². The summed E-state index contributed by atoms with van der Waals surface area (Å²) < 4.78 is 14.6. The van der Waals surface area contributed by atoms with Crippen molar-refractivity contribution in [2.45, 2.75) is 6.42 Å². The number of benzene rings is 1. The van der Waals surface area contributed by atoms with Gasteiger partial charge in [0.1, 0.15) is 5.82 Å². The molecule has 0 radical (unpaired) electrons. The summed E-state index contributed by atoms with van der Waals surface area (Å²) in [6.45, 7) is 0. The van der Waals surface area contributed by atoms with Gasteiger partial charge < -0.3 is 5.11 Å². The predicted octanol–water partition coefficient (Wildman–Crippen LogP) is 1.85. The molecule has 1 aromatic heterocycles. The van der Waals surface area contributed by atoms with E-state index in [1.165, 1.54) is 16.8 Å². The van der Waals surface area contributed by atoms with Crippen LogP contribution in [0.2, 0.25) is 0 Å². The molecule has 1 heterocycles. The average Bonchev–Trinajstić information content (AvgIpc) is 2.58. The van der Waals surface area contributed by atoms with Gasteiger partial charge in [-0.1, -0.05) is 12.1 Å². The van der Waals surface area contributed by atoms with Crippen LogP contribution in [0.25, 0.3) is 11.1 Å². The van der Waals surface area contributed by atoms with Gasteiger partial charge in [0.2, 0.25) is 0 Å². The van der Waals surface area contributed by atoms with Gasteiger partial charge in [0.25, 0.3) is 0 Å². The minimum absolute atomic E-state index is 0.174. The Hall–Kier alpha value is -2.17. The number of halogens is 1. The number of carbonyl (C=O) groups is 1. The topological polar surface area (TPSA) is 55.1 Å². The molecule has 0 aliphatic heterocycles. The maximum atomic E-state index is 13.1. The minimum atomic E-state index is -0.957. The molecule has 4 nitrogen and oxygen atoms in total. The Bertz CT molecular complexity index is 563. The monoisotopic (exact) mass is 234 g/mol. The first-order valence-electron chi connectivity index (χ1n) is 5.06. The Morgan fingerprint density at radius 2 is 2.29 bits per heavy atom. The van der Waals surface area contributed by atoms with E-state index in [0.717, 1.165) is 0 Å². The number of carboxylic acids is 1. The molecule has 1 N–H and O–H groups in total. The van der Waals surface area contributed by atoms with Crippen molar-refractivity contribution in [1.82, 2.24) is 9.78 Å². The molecule has 0 aliphatic carbocycles. The van der Waals surface area contributed by atoms with Gasteiger partial charge in [-0.05, 0) is 17.7 Å². The van der Waals surface area contributed by atoms with Crippen molar-refractivity contribution in [2.24, 2.45) is 7.05 Å². The molecule has 0 atom stereocenters. The number of rotatable bonds is 3. The number of carboxylic acid groups (broad SMARTS) is 1. The fourth-order valence-electron chi connectivity index (χ4n) is 1.71. The first kappa shape index (κ1) is 11.3. The van der Waals surface area contributed by atoms with Gasteiger partial charge in [0.15, 0.2) is 0 Å². The van der Waals surface area contributed by atoms with E-state index in [9.17, 15) is 9.18 Å². The van der Waals surface area contributed by atoms with Crippen molar-refractivity contribution < 1.29 is 14.3 Å². The van der Waals surface area contributed by atoms with E-state index in [2.05, 4.69) is 5.10 Å². The molecule has 0 fully saturated rings. The Morgan fingerprint density at radius 1 is 1.53 bits per heavy atom. The van der Waals surface area contributed by atoms with Crippen LogP contribution in [0, 0.1) is 5.82 Å². The fourth-order valence-corrected chi connectivity index (χ4v) is 1.71. The van der Waals surface area contributed by atoms with Crippen molar-refractivity contribution in [1.29, 1.82) is 0 Å². The van der Waals surface area contributed by atoms with Crippen LogP contribution >= 0.6 is 0 Å². The Morgan fingerprint density at radius 3 is 2.94 bits per heavy atom.